The van der Waals surface area contributed by atoms with Crippen LogP contribution >= 0.6 is 11.6 Å². The number of hydrogen-bond donors (Lipinski definition) is 0. The molecule has 82 valence electrons. The summed E-state index contributed by atoms with van der Waals surface area (Å²) in [7, 11) is 0. The van der Waals surface area contributed by atoms with Crippen LogP contribution in [0.2, 0.25) is 0 Å². The number of rotatable bonds is 1. The molecule has 3 rings (SSSR count). The molecule has 16 heavy (non-hydrogen) atoms. The van der Waals surface area contributed by atoms with Crippen molar-refractivity contribution < 1.29 is 0 Å². The fourth-order valence-corrected chi connectivity index (χ4v) is 2.91. The third-order valence-electron chi connectivity index (χ3n) is 3.47. The van der Waals surface area contributed by atoms with Gasteiger partial charge >= 0.3 is 0 Å². The van der Waals surface area contributed by atoms with Gasteiger partial charge < -0.3 is 0 Å². The van der Waals surface area contributed by atoms with Crippen molar-refractivity contribution in [2.75, 3.05) is 0 Å². The van der Waals surface area contributed by atoms with E-state index >= 15 is 0 Å². The fourth-order valence-electron chi connectivity index (χ4n) is 2.57. The lowest BCUT2D eigenvalue weighted by Crippen LogP contribution is -1.94. The van der Waals surface area contributed by atoms with Gasteiger partial charge in [-0.1, -0.05) is 18.2 Å². The molecular formula is C14H14ClN. The molecule has 1 heterocycles. The van der Waals surface area contributed by atoms with Crippen molar-refractivity contribution in [2.24, 2.45) is 0 Å². The van der Waals surface area contributed by atoms with Gasteiger partial charge in [0, 0.05) is 17.0 Å². The second kappa shape index (κ2) is 4.06. The topological polar surface area (TPSA) is 12.9 Å². The molecule has 1 aliphatic rings. The zero-order chi connectivity index (χ0) is 11.0. The summed E-state index contributed by atoms with van der Waals surface area (Å²) in [5.41, 5.74) is 2.49. The number of aromatic nitrogens is 1. The number of alkyl halides is 1. The first kappa shape index (κ1) is 10.1. The molecule has 0 spiro atoms. The number of hydrogen-bond acceptors (Lipinski definition) is 1. The second-order valence-corrected chi connectivity index (χ2v) is 5.18. The van der Waals surface area contributed by atoms with Crippen LogP contribution in [-0.4, -0.2) is 10.4 Å². The van der Waals surface area contributed by atoms with E-state index in [1.165, 1.54) is 17.4 Å². The molecular weight excluding hydrogens is 218 g/mol. The van der Waals surface area contributed by atoms with E-state index in [2.05, 4.69) is 29.2 Å². The largest absolute Gasteiger partial charge is 0.256 e. The van der Waals surface area contributed by atoms with Crippen molar-refractivity contribution in [3.05, 3.63) is 42.1 Å². The summed E-state index contributed by atoms with van der Waals surface area (Å²) >= 11 is 6.16. The molecule has 2 unspecified atom stereocenters. The van der Waals surface area contributed by atoms with Crippen molar-refractivity contribution in [3.8, 4) is 0 Å². The predicted octanol–water partition coefficient (Wildman–Crippen LogP) is 4.11. The second-order valence-electron chi connectivity index (χ2n) is 4.56. The highest BCUT2D eigenvalue weighted by atomic mass is 35.5. The lowest BCUT2D eigenvalue weighted by atomic mass is 9.96. The SMILES string of the molecule is ClC1CCC(c2ccc3cccnc3c2)C1. The van der Waals surface area contributed by atoms with Gasteiger partial charge in [0.1, 0.15) is 0 Å². The Morgan fingerprint density at radius 3 is 2.94 bits per heavy atom. The number of nitrogens with zero attached hydrogens (tertiary/aromatic N) is 1. The van der Waals surface area contributed by atoms with Crippen molar-refractivity contribution in [1.29, 1.82) is 0 Å². The Bertz CT molecular complexity index is 509. The van der Waals surface area contributed by atoms with Crippen molar-refractivity contribution in [3.63, 3.8) is 0 Å². The average Bonchev–Trinajstić information content (AvgIpc) is 2.75. The van der Waals surface area contributed by atoms with Crippen LogP contribution in [0.3, 0.4) is 0 Å². The molecule has 0 N–H and O–H groups in total. The lowest BCUT2D eigenvalue weighted by molar-refractivity contribution is 0.725. The van der Waals surface area contributed by atoms with Gasteiger partial charge in [0.05, 0.1) is 5.52 Å². The molecule has 0 aliphatic heterocycles. The standard InChI is InChI=1S/C14H14ClN/c15-13-6-5-11(8-13)12-4-3-10-2-1-7-16-14(10)9-12/h1-4,7,9,11,13H,5-6,8H2. The molecule has 0 amide bonds. The number of halogens is 1. The van der Waals surface area contributed by atoms with Crippen molar-refractivity contribution in [1.82, 2.24) is 4.98 Å². The maximum Gasteiger partial charge on any atom is 0.0704 e. The molecule has 1 saturated carbocycles. The van der Waals surface area contributed by atoms with E-state index in [-0.39, 0.29) is 0 Å². The average molecular weight is 232 g/mol. The highest BCUT2D eigenvalue weighted by Crippen LogP contribution is 2.37. The number of pyridine rings is 1. The molecule has 2 aromatic rings. The van der Waals surface area contributed by atoms with Gasteiger partial charge in [0.25, 0.3) is 0 Å². The summed E-state index contributed by atoms with van der Waals surface area (Å²) in [5.74, 6) is 0.633. The van der Waals surface area contributed by atoms with Gasteiger partial charge in [-0.2, -0.15) is 0 Å². The highest BCUT2D eigenvalue weighted by Gasteiger charge is 2.24. The van der Waals surface area contributed by atoms with E-state index in [0.29, 0.717) is 11.3 Å². The maximum absolute atomic E-state index is 6.16. The van der Waals surface area contributed by atoms with Crippen LogP contribution in [0.1, 0.15) is 30.7 Å². The van der Waals surface area contributed by atoms with E-state index in [1.807, 2.05) is 12.3 Å². The summed E-state index contributed by atoms with van der Waals surface area (Å²) in [5, 5.41) is 1.58. The molecule has 1 fully saturated rings. The van der Waals surface area contributed by atoms with Crippen LogP contribution < -0.4 is 0 Å². The van der Waals surface area contributed by atoms with Crippen LogP contribution in [0.5, 0.6) is 0 Å². The van der Waals surface area contributed by atoms with Crippen LogP contribution in [0.4, 0.5) is 0 Å². The Balaban J connectivity index is 1.99. The zero-order valence-corrected chi connectivity index (χ0v) is 9.82. The lowest BCUT2D eigenvalue weighted by Gasteiger charge is -2.10. The molecule has 2 heteroatoms. The summed E-state index contributed by atoms with van der Waals surface area (Å²) in [6.45, 7) is 0. The van der Waals surface area contributed by atoms with Crippen molar-refractivity contribution in [2.45, 2.75) is 30.6 Å². The third-order valence-corrected chi connectivity index (χ3v) is 3.87. The molecule has 0 saturated heterocycles. The van der Waals surface area contributed by atoms with Gasteiger partial charge in [0.15, 0.2) is 0 Å². The Labute approximate surface area is 100 Å². The zero-order valence-electron chi connectivity index (χ0n) is 9.07. The fraction of sp³-hybridized carbons (Fsp3) is 0.357. The Hall–Kier alpha value is -1.08. The van der Waals surface area contributed by atoms with E-state index in [1.54, 1.807) is 0 Å². The minimum Gasteiger partial charge on any atom is -0.256 e. The maximum atomic E-state index is 6.16. The third kappa shape index (κ3) is 1.80. The molecule has 1 aromatic heterocycles. The van der Waals surface area contributed by atoms with Gasteiger partial charge in [-0.15, -0.1) is 11.6 Å². The molecule has 1 aromatic carbocycles. The van der Waals surface area contributed by atoms with E-state index in [0.717, 1.165) is 18.4 Å². The van der Waals surface area contributed by atoms with Gasteiger partial charge in [-0.05, 0) is 42.9 Å². The van der Waals surface area contributed by atoms with E-state index in [9.17, 15) is 0 Å². The summed E-state index contributed by atoms with van der Waals surface area (Å²) in [6.07, 6.45) is 5.32. The van der Waals surface area contributed by atoms with Crippen LogP contribution in [0.15, 0.2) is 36.5 Å². The molecule has 1 aliphatic carbocycles. The first-order chi connectivity index (χ1) is 7.83. The minimum atomic E-state index is 0.365. The number of fused-ring (bicyclic) bond motifs is 1. The quantitative estimate of drug-likeness (QED) is 0.673. The molecule has 0 bridgehead atoms. The van der Waals surface area contributed by atoms with Crippen LogP contribution in [0, 0.1) is 0 Å². The van der Waals surface area contributed by atoms with Crippen LogP contribution in [-0.2, 0) is 0 Å². The predicted molar refractivity (Wildman–Crippen MR) is 68.0 cm³/mol. The van der Waals surface area contributed by atoms with E-state index in [4.69, 9.17) is 11.6 Å². The van der Waals surface area contributed by atoms with Gasteiger partial charge in [0.2, 0.25) is 0 Å². The van der Waals surface area contributed by atoms with Crippen LogP contribution in [0.25, 0.3) is 10.9 Å². The summed E-state index contributed by atoms with van der Waals surface area (Å²) in [6, 6.07) is 10.7. The Morgan fingerprint density at radius 1 is 1.19 bits per heavy atom. The van der Waals surface area contributed by atoms with Gasteiger partial charge in [-0.3, -0.25) is 4.98 Å². The van der Waals surface area contributed by atoms with Gasteiger partial charge in [-0.25, -0.2) is 0 Å². The first-order valence-corrected chi connectivity index (χ1v) is 6.25. The monoisotopic (exact) mass is 231 g/mol. The highest BCUT2D eigenvalue weighted by molar-refractivity contribution is 6.20. The summed E-state index contributed by atoms with van der Waals surface area (Å²) in [4.78, 5) is 4.40. The minimum absolute atomic E-state index is 0.365. The summed E-state index contributed by atoms with van der Waals surface area (Å²) < 4.78 is 0. The van der Waals surface area contributed by atoms with Crippen molar-refractivity contribution >= 4 is 22.5 Å². The Kier molecular flexibility index (Phi) is 2.56. The smallest absolute Gasteiger partial charge is 0.0704 e. The normalized spacial score (nSPS) is 25.1. The van der Waals surface area contributed by atoms with E-state index < -0.39 is 0 Å². The first-order valence-electron chi connectivity index (χ1n) is 5.82. The molecule has 1 nitrogen and oxygen atoms in total. The number of benzene rings is 1. The molecule has 0 radical (unpaired) electrons. The Morgan fingerprint density at radius 2 is 2.12 bits per heavy atom. The molecule has 2 atom stereocenters.